The van der Waals surface area contributed by atoms with Gasteiger partial charge in [-0.3, -0.25) is 34.1 Å². The smallest absolute Gasteiger partial charge is 0.264 e. The lowest BCUT2D eigenvalue weighted by Crippen LogP contribution is -2.54. The Labute approximate surface area is 326 Å². The second-order valence-corrected chi connectivity index (χ2v) is 16.4. The van der Waals surface area contributed by atoms with Crippen molar-refractivity contribution in [3.8, 4) is 11.1 Å². The molecule has 0 bridgehead atoms. The van der Waals surface area contributed by atoms with E-state index >= 15 is 8.78 Å². The van der Waals surface area contributed by atoms with Gasteiger partial charge in [0, 0.05) is 62.3 Å². The van der Waals surface area contributed by atoms with E-state index in [0.29, 0.717) is 66.0 Å². The highest BCUT2D eigenvalue weighted by Crippen LogP contribution is 2.40. The number of nitrogens with one attached hydrogen (secondary N) is 2. The van der Waals surface area contributed by atoms with Gasteiger partial charge in [0.25, 0.3) is 11.8 Å². The summed E-state index contributed by atoms with van der Waals surface area (Å²) in [6.07, 6.45) is 8.26. The Morgan fingerprint density at radius 3 is 2.47 bits per heavy atom. The van der Waals surface area contributed by atoms with Crippen molar-refractivity contribution in [3.05, 3.63) is 90.1 Å². The highest BCUT2D eigenvalue weighted by atomic mass is 32.2. The average Bonchev–Trinajstić information content (AvgIpc) is 3.69. The van der Waals surface area contributed by atoms with Crippen molar-refractivity contribution in [3.63, 3.8) is 0 Å². The number of sulfonamides is 1. The normalized spacial score (nSPS) is 21.7. The van der Waals surface area contributed by atoms with Crippen LogP contribution in [0, 0.1) is 0 Å². The zero-order chi connectivity index (χ0) is 40.2. The van der Waals surface area contributed by atoms with Crippen LogP contribution in [0.3, 0.4) is 0 Å². The van der Waals surface area contributed by atoms with E-state index in [0.717, 1.165) is 17.1 Å². The number of fused-ring (bicyclic) bond motifs is 2. The van der Waals surface area contributed by atoms with Crippen LogP contribution in [-0.2, 0) is 19.6 Å². The van der Waals surface area contributed by atoms with Crippen LogP contribution in [0.15, 0.2) is 78.9 Å². The van der Waals surface area contributed by atoms with Crippen LogP contribution in [0.5, 0.6) is 0 Å². The number of alkyl halides is 1. The highest BCUT2D eigenvalue weighted by molar-refractivity contribution is 7.89. The van der Waals surface area contributed by atoms with E-state index in [1.165, 1.54) is 10.9 Å². The lowest BCUT2D eigenvalue weighted by atomic mass is 10.00. The fourth-order valence-corrected chi connectivity index (χ4v) is 9.29. The van der Waals surface area contributed by atoms with Gasteiger partial charge in [-0.2, -0.15) is 0 Å². The number of hydrogen-bond acceptors (Lipinski definition) is 11. The molecule has 1 aliphatic carbocycles. The number of carbonyl (C=O) groups excluding carboxylic acids is 4. The fraction of sp³-hybridized carbons (Fsp3) is 0.359. The first-order valence-electron chi connectivity index (χ1n) is 18.7. The number of imide groups is 2. The minimum atomic E-state index is -3.85. The van der Waals surface area contributed by atoms with Gasteiger partial charge in [-0.1, -0.05) is 13.0 Å². The van der Waals surface area contributed by atoms with Crippen LogP contribution in [0.25, 0.3) is 22.2 Å². The molecule has 15 nitrogen and oxygen atoms in total. The van der Waals surface area contributed by atoms with Crippen molar-refractivity contribution in [1.82, 2.24) is 34.5 Å². The molecule has 18 heteroatoms. The van der Waals surface area contributed by atoms with Crippen LogP contribution in [0.1, 0.15) is 65.8 Å². The lowest BCUT2D eigenvalue weighted by molar-refractivity contribution is -0.136. The first kappa shape index (κ1) is 37.9. The van der Waals surface area contributed by atoms with Crippen molar-refractivity contribution >= 4 is 56.2 Å². The molecule has 2 N–H and O–H groups in total. The van der Waals surface area contributed by atoms with Crippen molar-refractivity contribution < 1.29 is 36.4 Å². The van der Waals surface area contributed by atoms with Crippen LogP contribution in [0.2, 0.25) is 0 Å². The van der Waals surface area contributed by atoms with Gasteiger partial charge < -0.3 is 14.4 Å². The molecular formula is C39H39F2N9O6S. The molecule has 1 aromatic carbocycles. The monoisotopic (exact) mass is 799 g/mol. The Balaban J connectivity index is 1.05. The zero-order valence-electron chi connectivity index (χ0n) is 31.1. The molecule has 0 radical (unpaired) electrons. The molecule has 0 saturated carbocycles. The molecule has 2 fully saturated rings. The minimum Gasteiger partial charge on any atom is -0.371 e. The van der Waals surface area contributed by atoms with Gasteiger partial charge in [0.05, 0.1) is 39.3 Å². The molecule has 296 valence electrons. The Hall–Kier alpha value is -6.04. The van der Waals surface area contributed by atoms with Crippen LogP contribution in [-0.4, -0.2) is 101 Å². The number of benzene rings is 1. The third-order valence-corrected chi connectivity index (χ3v) is 12.5. The standard InChI is InChI=1S/C39H39F2N9O6S/c1-3-17-57(55,56)46-27-8-7-26(40)36(34(27)41)49-20-25(22-18-42-21-43-19-22)35-29(49)9-11-31(44-35)47(2)23-13-15-48(16-14-23)28-6-4-5-24-33(28)39(54)50(38(24)53)30-10-12-32(51)45-37(30)52/h4-9,11,18-21,23,26,30,36,46H,3,10,12-17H2,1-2H3,(H,45,51,52). The van der Waals surface area contributed by atoms with Gasteiger partial charge in [0.15, 0.2) is 5.83 Å². The molecule has 8 rings (SSSR count). The molecule has 4 amide bonds. The number of hydrogen-bond donors (Lipinski definition) is 2. The molecular weight excluding hydrogens is 761 g/mol. The summed E-state index contributed by atoms with van der Waals surface area (Å²) < 4.78 is 60.5. The topological polar surface area (TPSA) is 180 Å². The number of aromatic nitrogens is 4. The third kappa shape index (κ3) is 6.80. The van der Waals surface area contributed by atoms with Crippen LogP contribution < -0.4 is 19.8 Å². The molecule has 3 aromatic heterocycles. The lowest BCUT2D eigenvalue weighted by Gasteiger charge is -2.39. The van der Waals surface area contributed by atoms with Gasteiger partial charge >= 0.3 is 0 Å². The SMILES string of the molecule is CCCS(=O)(=O)NC1=C(F)C(n2cc(-c3cncnc3)c3nc(N(C)C4CCN(c5cccc6c5C(=O)N(C5CCC(=O)NC5=O)C6=O)CC4)ccc32)C(F)C=C1. The Morgan fingerprint density at radius 2 is 1.75 bits per heavy atom. The number of carbonyl (C=O) groups is 4. The summed E-state index contributed by atoms with van der Waals surface area (Å²) in [6.45, 7) is 2.77. The average molecular weight is 800 g/mol. The third-order valence-electron chi connectivity index (χ3n) is 11.0. The molecule has 2 saturated heterocycles. The van der Waals surface area contributed by atoms with E-state index in [1.54, 1.807) is 55.8 Å². The molecule has 57 heavy (non-hydrogen) atoms. The van der Waals surface area contributed by atoms with Crippen molar-refractivity contribution in [2.75, 3.05) is 35.7 Å². The number of piperidine rings is 2. The van der Waals surface area contributed by atoms with E-state index in [2.05, 4.69) is 24.9 Å². The quantitative estimate of drug-likeness (QED) is 0.222. The maximum Gasteiger partial charge on any atom is 0.264 e. The molecule has 4 aliphatic rings. The Kier molecular flexibility index (Phi) is 9.83. The van der Waals surface area contributed by atoms with Gasteiger partial charge in [-0.25, -0.2) is 32.2 Å². The van der Waals surface area contributed by atoms with Crippen molar-refractivity contribution in [1.29, 1.82) is 0 Å². The first-order valence-corrected chi connectivity index (χ1v) is 20.3. The number of pyridine rings is 1. The number of allylic oxidation sites excluding steroid dienone is 3. The molecule has 0 spiro atoms. The molecule has 4 aromatic rings. The number of halogens is 2. The predicted octanol–water partition coefficient (Wildman–Crippen LogP) is 3.96. The van der Waals surface area contributed by atoms with Gasteiger partial charge in [-0.05, 0) is 62.1 Å². The van der Waals surface area contributed by atoms with E-state index in [1.807, 2.05) is 11.9 Å². The number of rotatable bonds is 10. The maximum absolute atomic E-state index is 16.1. The summed E-state index contributed by atoms with van der Waals surface area (Å²) >= 11 is 0. The van der Waals surface area contributed by atoms with Crippen molar-refractivity contribution in [2.45, 2.75) is 63.3 Å². The Morgan fingerprint density at radius 1 is 1.00 bits per heavy atom. The number of amides is 4. The Bertz CT molecular complexity index is 2480. The number of nitrogens with zero attached hydrogens (tertiary/aromatic N) is 7. The summed E-state index contributed by atoms with van der Waals surface area (Å²) in [4.78, 5) is 69.8. The summed E-state index contributed by atoms with van der Waals surface area (Å²) in [6, 6.07) is 6.03. The van der Waals surface area contributed by atoms with Crippen molar-refractivity contribution in [2.24, 2.45) is 0 Å². The van der Waals surface area contributed by atoms with Gasteiger partial charge in [-0.15, -0.1) is 0 Å². The van der Waals surface area contributed by atoms with Gasteiger partial charge in [0.1, 0.15) is 30.4 Å². The summed E-state index contributed by atoms with van der Waals surface area (Å²) in [7, 11) is -1.94. The molecule has 6 heterocycles. The summed E-state index contributed by atoms with van der Waals surface area (Å²) in [5, 5.41) is 2.23. The maximum atomic E-state index is 16.1. The number of anilines is 2. The summed E-state index contributed by atoms with van der Waals surface area (Å²) in [5.41, 5.74) is 2.69. The second kappa shape index (κ2) is 14.8. The predicted molar refractivity (Wildman–Crippen MR) is 206 cm³/mol. The fourth-order valence-electron chi connectivity index (χ4n) is 8.15. The zero-order valence-corrected chi connectivity index (χ0v) is 31.9. The van der Waals surface area contributed by atoms with E-state index < -0.39 is 57.7 Å². The van der Waals surface area contributed by atoms with E-state index in [-0.39, 0.29) is 41.5 Å². The van der Waals surface area contributed by atoms with Crippen LogP contribution in [0.4, 0.5) is 20.3 Å². The summed E-state index contributed by atoms with van der Waals surface area (Å²) in [5.74, 6) is -2.81. The first-order chi connectivity index (χ1) is 27.4. The van der Waals surface area contributed by atoms with E-state index in [9.17, 15) is 27.6 Å². The van der Waals surface area contributed by atoms with E-state index in [4.69, 9.17) is 4.98 Å². The van der Waals surface area contributed by atoms with Gasteiger partial charge in [0.2, 0.25) is 21.8 Å². The minimum absolute atomic E-state index is 0.00337. The second-order valence-electron chi connectivity index (χ2n) is 14.5. The molecule has 3 unspecified atom stereocenters. The van der Waals surface area contributed by atoms with Crippen LogP contribution >= 0.6 is 0 Å². The molecule has 3 atom stereocenters. The highest BCUT2D eigenvalue weighted by Gasteiger charge is 2.46. The largest absolute Gasteiger partial charge is 0.371 e. The molecule has 3 aliphatic heterocycles.